The lowest BCUT2D eigenvalue weighted by Gasteiger charge is -2.14. The summed E-state index contributed by atoms with van der Waals surface area (Å²) in [6.45, 7) is 0. The second-order valence-corrected chi connectivity index (χ2v) is 38.5. The third-order valence-corrected chi connectivity index (χ3v) is 29.6. The number of hydrogen-bond donors (Lipinski definition) is 0. The van der Waals surface area contributed by atoms with Crippen LogP contribution >= 0.6 is 0 Å². The summed E-state index contributed by atoms with van der Waals surface area (Å²) in [7, 11) is 0. The standard InChI is InChI=1S/C53H34N2.2C45H30N2/c1-2-12-35(13-3-1)39-28-31-52-51(34-39)54-53(38-24-22-36(23-25-38)49-32-40-14-4-6-16-43(40)45-18-8-10-20-47(45)49)55(52)42-29-26-37(27-30-42)50-33-41-15-5-7-17-44(41)46-19-9-11-21-48(46)50;1-2-10-31(11-3-1)37-26-29-44-43(30-37)46-45(36-22-20-34(21-23-36)41-18-8-14-32-12-4-6-16-39(32)41)47(44)38-27-24-35(25-28-38)42-19-9-15-33-13-5-7-17-40(33)42;1-2-8-31(9-3-1)41-24-27-44-43(30-41)46-45(36-18-14-34(15-19-36)39-20-16-32-10-4-6-12-37(32)28-39)47(44)42-25-22-35(23-26-42)40-21-17-33-11-5-7-13-38(33)29-40/h1-34H;2*1-30H. The van der Waals surface area contributed by atoms with Gasteiger partial charge < -0.3 is 0 Å². The van der Waals surface area contributed by atoms with Gasteiger partial charge in [0, 0.05) is 33.8 Å². The van der Waals surface area contributed by atoms with E-state index in [-0.39, 0.29) is 0 Å². The van der Waals surface area contributed by atoms with Gasteiger partial charge in [0.15, 0.2) is 0 Å². The average molecular weight is 1900 g/mol. The molecule has 29 aromatic rings. The van der Waals surface area contributed by atoms with E-state index in [0.717, 1.165) is 101 Å². The van der Waals surface area contributed by atoms with Crippen molar-refractivity contribution in [1.29, 1.82) is 0 Å². The summed E-state index contributed by atoms with van der Waals surface area (Å²) < 4.78 is 6.90. The summed E-state index contributed by atoms with van der Waals surface area (Å²) in [4.78, 5) is 15.9. The molecule has 0 N–H and O–H groups in total. The molecular formula is C143H94N6. The number of fused-ring (bicyclic) bond motifs is 13. The first-order valence-corrected chi connectivity index (χ1v) is 51.0. The Labute approximate surface area is 863 Å². The first-order valence-electron chi connectivity index (χ1n) is 51.0. The second kappa shape index (κ2) is 38.1. The zero-order valence-electron chi connectivity index (χ0n) is 81.5. The van der Waals surface area contributed by atoms with Crippen molar-refractivity contribution in [2.75, 3.05) is 0 Å². The summed E-state index contributed by atoms with van der Waals surface area (Å²) in [5.41, 5.74) is 34.1. The summed E-state index contributed by atoms with van der Waals surface area (Å²) in [6.07, 6.45) is 0. The van der Waals surface area contributed by atoms with Crippen molar-refractivity contribution < 1.29 is 0 Å². The van der Waals surface area contributed by atoms with Crippen LogP contribution in [0.15, 0.2) is 570 Å². The van der Waals surface area contributed by atoms with E-state index in [9.17, 15) is 0 Å². The van der Waals surface area contributed by atoms with Gasteiger partial charge in [-0.1, -0.05) is 473 Å². The van der Waals surface area contributed by atoms with E-state index < -0.39 is 0 Å². The van der Waals surface area contributed by atoms with Gasteiger partial charge in [0.1, 0.15) is 17.5 Å². The van der Waals surface area contributed by atoms with E-state index in [1.54, 1.807) is 0 Å². The van der Waals surface area contributed by atoms with Crippen molar-refractivity contribution in [3.63, 3.8) is 0 Å². The van der Waals surface area contributed by atoms with E-state index in [2.05, 4.69) is 584 Å². The zero-order valence-corrected chi connectivity index (χ0v) is 81.5. The minimum Gasteiger partial charge on any atom is -0.292 e. The molecule has 6 heteroatoms. The van der Waals surface area contributed by atoms with E-state index in [1.807, 2.05) is 0 Å². The smallest absolute Gasteiger partial charge is 0.145 e. The lowest BCUT2D eigenvalue weighted by atomic mass is 9.93. The summed E-state index contributed by atoms with van der Waals surface area (Å²) in [5.74, 6) is 2.76. The molecule has 0 saturated heterocycles. The number of imidazole rings is 3. The molecule has 0 bridgehead atoms. The van der Waals surface area contributed by atoms with Gasteiger partial charge in [-0.15, -0.1) is 0 Å². The molecule has 696 valence electrons. The molecule has 0 amide bonds. The van der Waals surface area contributed by atoms with Crippen LogP contribution in [0.2, 0.25) is 0 Å². The molecule has 0 radical (unpaired) electrons. The van der Waals surface area contributed by atoms with Crippen LogP contribution in [0, 0.1) is 0 Å². The van der Waals surface area contributed by atoms with Gasteiger partial charge in [0.25, 0.3) is 0 Å². The number of aromatic nitrogens is 6. The molecule has 26 aromatic carbocycles. The molecule has 0 aliphatic carbocycles. The van der Waals surface area contributed by atoms with Gasteiger partial charge in [0.2, 0.25) is 0 Å². The van der Waals surface area contributed by atoms with Gasteiger partial charge in [0.05, 0.1) is 33.1 Å². The minimum atomic E-state index is 0.916. The van der Waals surface area contributed by atoms with Gasteiger partial charge in [-0.3, -0.25) is 13.7 Å². The number of nitrogens with zero attached hydrogens (tertiary/aromatic N) is 6. The third-order valence-electron chi connectivity index (χ3n) is 29.6. The van der Waals surface area contributed by atoms with Gasteiger partial charge in [-0.25, -0.2) is 15.0 Å². The first-order chi connectivity index (χ1) is 73.8. The highest BCUT2D eigenvalue weighted by molar-refractivity contribution is 6.16. The first kappa shape index (κ1) is 88.2. The number of benzene rings is 26. The van der Waals surface area contributed by atoms with Crippen molar-refractivity contribution in [1.82, 2.24) is 28.7 Å². The maximum Gasteiger partial charge on any atom is 0.145 e. The monoisotopic (exact) mass is 1890 g/mol. The van der Waals surface area contributed by atoms with E-state index >= 15 is 0 Å². The van der Waals surface area contributed by atoms with Crippen LogP contribution < -0.4 is 0 Å². The fraction of sp³-hybridized carbons (Fsp3) is 0. The van der Waals surface area contributed by atoms with Crippen LogP contribution in [0.25, 0.3) is 271 Å². The van der Waals surface area contributed by atoms with Crippen LogP contribution in [0.4, 0.5) is 0 Å². The van der Waals surface area contributed by atoms with Crippen molar-refractivity contribution in [3.8, 4) is 151 Å². The maximum atomic E-state index is 5.36. The quantitative estimate of drug-likeness (QED) is 0.0961. The van der Waals surface area contributed by atoms with Crippen molar-refractivity contribution >= 4 is 119 Å². The maximum absolute atomic E-state index is 5.36. The molecule has 0 aliphatic heterocycles. The Bertz CT molecular complexity index is 10100. The lowest BCUT2D eigenvalue weighted by Crippen LogP contribution is -1.98. The average Bonchev–Trinajstić information content (AvgIpc) is 1.64. The third kappa shape index (κ3) is 16.7. The highest BCUT2D eigenvalue weighted by Crippen LogP contribution is 2.45. The number of rotatable bonds is 15. The largest absolute Gasteiger partial charge is 0.292 e. The van der Waals surface area contributed by atoms with E-state index in [1.165, 1.54) is 170 Å². The highest BCUT2D eigenvalue weighted by atomic mass is 15.1. The predicted molar refractivity (Wildman–Crippen MR) is 628 cm³/mol. The molecule has 149 heavy (non-hydrogen) atoms. The Morgan fingerprint density at radius 2 is 0.342 bits per heavy atom. The van der Waals surface area contributed by atoms with Crippen LogP contribution in [-0.4, -0.2) is 28.7 Å². The predicted octanol–water partition coefficient (Wildman–Crippen LogP) is 38.3. The molecule has 0 unspecified atom stereocenters. The summed E-state index contributed by atoms with van der Waals surface area (Å²) >= 11 is 0. The topological polar surface area (TPSA) is 53.5 Å². The molecule has 29 rings (SSSR count). The zero-order chi connectivity index (χ0) is 98.6. The van der Waals surface area contributed by atoms with Gasteiger partial charge in [-0.05, 0) is 283 Å². The fourth-order valence-corrected chi connectivity index (χ4v) is 22.1. The van der Waals surface area contributed by atoms with E-state index in [0.29, 0.717) is 0 Å². The Balaban J connectivity index is 0.000000111. The van der Waals surface area contributed by atoms with Crippen LogP contribution in [0.5, 0.6) is 0 Å². The Hall–Kier alpha value is -19.8. The highest BCUT2D eigenvalue weighted by Gasteiger charge is 2.24. The number of hydrogen-bond acceptors (Lipinski definition) is 3. The van der Waals surface area contributed by atoms with Crippen LogP contribution in [0.3, 0.4) is 0 Å². The molecule has 0 saturated carbocycles. The normalized spacial score (nSPS) is 11.5. The van der Waals surface area contributed by atoms with Crippen LogP contribution in [-0.2, 0) is 0 Å². The lowest BCUT2D eigenvalue weighted by molar-refractivity contribution is 1.10. The summed E-state index contributed by atoms with van der Waals surface area (Å²) in [6, 6.07) is 205. The molecule has 0 aliphatic rings. The Morgan fingerprint density at radius 1 is 0.114 bits per heavy atom. The van der Waals surface area contributed by atoms with Gasteiger partial charge in [-0.2, -0.15) is 0 Å². The molecule has 0 spiro atoms. The van der Waals surface area contributed by atoms with Gasteiger partial charge >= 0.3 is 0 Å². The molecular weight excluding hydrogens is 1800 g/mol. The SMILES string of the molecule is c1ccc(-c2ccc3c(c2)nc(-c2ccc(-c4cc5ccccc5c5ccccc45)cc2)n3-c2ccc(-c3cc4ccccc4c4ccccc34)cc2)cc1.c1ccc(-c2ccc3c(c2)nc(-c2ccc(-c4ccc5ccccc5c4)cc2)n3-c2ccc(-c3ccc4ccccc4c3)cc2)cc1.c1ccc(-c2ccc3c(c2)nc(-c2ccc(-c4cccc5ccccc45)cc2)n3-c2ccc(-c3cccc4ccccc34)cc2)cc1. The molecule has 6 nitrogen and oxygen atoms in total. The Morgan fingerprint density at radius 3 is 0.691 bits per heavy atom. The fourth-order valence-electron chi connectivity index (χ4n) is 22.1. The van der Waals surface area contributed by atoms with Crippen molar-refractivity contribution in [2.45, 2.75) is 0 Å². The minimum absolute atomic E-state index is 0.916. The Kier molecular flexibility index (Phi) is 22.6. The summed E-state index contributed by atoms with van der Waals surface area (Å²) in [5, 5.41) is 20.1. The van der Waals surface area contributed by atoms with Crippen molar-refractivity contribution in [3.05, 3.63) is 570 Å². The van der Waals surface area contributed by atoms with Crippen LogP contribution in [0.1, 0.15) is 0 Å². The molecule has 0 fully saturated rings. The molecule has 0 atom stereocenters. The molecule has 3 heterocycles. The van der Waals surface area contributed by atoms with E-state index in [4.69, 9.17) is 15.0 Å². The van der Waals surface area contributed by atoms with Crippen molar-refractivity contribution in [2.24, 2.45) is 0 Å². The second-order valence-electron chi connectivity index (χ2n) is 38.5. The molecule has 3 aromatic heterocycles.